The molecule has 0 saturated carbocycles. The molecule has 0 unspecified atom stereocenters. The predicted molar refractivity (Wildman–Crippen MR) is 63.6 cm³/mol. The fourth-order valence-corrected chi connectivity index (χ4v) is 1.82. The average Bonchev–Trinajstić information content (AvgIpc) is 2.30. The van der Waals surface area contributed by atoms with Gasteiger partial charge in [-0.3, -0.25) is 4.98 Å². The smallest absolute Gasteiger partial charge is 0.147 e. The van der Waals surface area contributed by atoms with Crippen molar-refractivity contribution in [1.82, 2.24) is 15.3 Å². The first kappa shape index (κ1) is 12.2. The topological polar surface area (TPSA) is 41.1 Å². The van der Waals surface area contributed by atoms with E-state index in [2.05, 4.69) is 27.2 Å². The number of likely N-dealkylation sites (N-methyl/N-ethyl adjacent to an activating group) is 1. The van der Waals surface area contributed by atoms with Crippen LogP contribution in [0.1, 0.15) is 12.8 Å². The third kappa shape index (κ3) is 3.04. The molecule has 15 heavy (non-hydrogen) atoms. The van der Waals surface area contributed by atoms with Gasteiger partial charge in [-0.15, -0.1) is 12.4 Å². The summed E-state index contributed by atoms with van der Waals surface area (Å²) in [6, 6.07) is 0.556. The van der Waals surface area contributed by atoms with Crippen LogP contribution in [-0.4, -0.2) is 36.1 Å². The molecule has 1 fully saturated rings. The second kappa shape index (κ2) is 5.88. The normalized spacial score (nSPS) is 20.5. The third-order valence-electron chi connectivity index (χ3n) is 2.73. The third-order valence-corrected chi connectivity index (χ3v) is 2.73. The number of hydrogen-bond acceptors (Lipinski definition) is 4. The molecule has 5 heteroatoms. The van der Waals surface area contributed by atoms with E-state index in [0.29, 0.717) is 6.04 Å². The molecule has 1 N–H and O–H groups in total. The molecule has 2 heterocycles. The van der Waals surface area contributed by atoms with Crippen LogP contribution in [0.25, 0.3) is 0 Å². The van der Waals surface area contributed by atoms with E-state index in [9.17, 15) is 0 Å². The lowest BCUT2D eigenvalue weighted by Crippen LogP contribution is -2.44. The van der Waals surface area contributed by atoms with Crippen LogP contribution in [0.3, 0.4) is 0 Å². The predicted octanol–water partition coefficient (Wildman–Crippen LogP) is 1.09. The van der Waals surface area contributed by atoms with Gasteiger partial charge in [-0.05, 0) is 19.4 Å². The van der Waals surface area contributed by atoms with Crippen molar-refractivity contribution < 1.29 is 0 Å². The summed E-state index contributed by atoms with van der Waals surface area (Å²) in [5.41, 5.74) is 0. The SMILES string of the molecule is CN(c1cnccn1)[C@H]1CCCNC1.Cl. The Morgan fingerprint density at radius 1 is 1.47 bits per heavy atom. The van der Waals surface area contributed by atoms with Crippen LogP contribution in [0.5, 0.6) is 0 Å². The first-order chi connectivity index (χ1) is 6.88. The quantitative estimate of drug-likeness (QED) is 0.823. The number of aromatic nitrogens is 2. The highest BCUT2D eigenvalue weighted by molar-refractivity contribution is 5.85. The fourth-order valence-electron chi connectivity index (χ4n) is 1.82. The molecule has 1 aliphatic rings. The van der Waals surface area contributed by atoms with E-state index in [1.54, 1.807) is 12.4 Å². The largest absolute Gasteiger partial charge is 0.354 e. The van der Waals surface area contributed by atoms with Gasteiger partial charge in [0.2, 0.25) is 0 Å². The number of halogens is 1. The minimum atomic E-state index is 0. The Balaban J connectivity index is 0.00000112. The maximum Gasteiger partial charge on any atom is 0.147 e. The van der Waals surface area contributed by atoms with Gasteiger partial charge in [0.15, 0.2) is 0 Å². The monoisotopic (exact) mass is 228 g/mol. The van der Waals surface area contributed by atoms with Gasteiger partial charge in [0, 0.05) is 32.0 Å². The summed E-state index contributed by atoms with van der Waals surface area (Å²) in [6.07, 6.45) is 7.74. The lowest BCUT2D eigenvalue weighted by Gasteiger charge is -2.32. The average molecular weight is 229 g/mol. The molecule has 1 aliphatic heterocycles. The van der Waals surface area contributed by atoms with Gasteiger partial charge in [-0.1, -0.05) is 0 Å². The highest BCUT2D eigenvalue weighted by Crippen LogP contribution is 2.14. The van der Waals surface area contributed by atoms with E-state index in [0.717, 1.165) is 18.9 Å². The van der Waals surface area contributed by atoms with Crippen molar-refractivity contribution in [2.24, 2.45) is 0 Å². The summed E-state index contributed by atoms with van der Waals surface area (Å²) in [5.74, 6) is 0.959. The molecule has 0 radical (unpaired) electrons. The van der Waals surface area contributed by atoms with Crippen molar-refractivity contribution in [3.63, 3.8) is 0 Å². The van der Waals surface area contributed by atoms with Gasteiger partial charge >= 0.3 is 0 Å². The van der Waals surface area contributed by atoms with Gasteiger partial charge in [0.05, 0.1) is 6.20 Å². The summed E-state index contributed by atoms with van der Waals surface area (Å²) in [4.78, 5) is 10.6. The molecule has 1 aromatic rings. The minimum Gasteiger partial charge on any atom is -0.354 e. The van der Waals surface area contributed by atoms with Gasteiger partial charge in [0.25, 0.3) is 0 Å². The van der Waals surface area contributed by atoms with E-state index in [1.807, 2.05) is 6.20 Å². The number of hydrogen-bond donors (Lipinski definition) is 1. The lowest BCUT2D eigenvalue weighted by atomic mass is 10.1. The van der Waals surface area contributed by atoms with Crippen molar-refractivity contribution >= 4 is 18.2 Å². The first-order valence-electron chi connectivity index (χ1n) is 5.07. The maximum atomic E-state index is 4.29. The zero-order valence-corrected chi connectivity index (χ0v) is 9.70. The number of nitrogens with one attached hydrogen (secondary N) is 1. The van der Waals surface area contributed by atoms with Gasteiger partial charge in [-0.2, -0.15) is 0 Å². The van der Waals surface area contributed by atoms with Crippen LogP contribution < -0.4 is 10.2 Å². The van der Waals surface area contributed by atoms with E-state index < -0.39 is 0 Å². The second-order valence-corrected chi connectivity index (χ2v) is 3.67. The summed E-state index contributed by atoms with van der Waals surface area (Å²) in [6.45, 7) is 2.19. The fraction of sp³-hybridized carbons (Fsp3) is 0.600. The molecule has 1 atom stereocenters. The van der Waals surface area contributed by atoms with Crippen molar-refractivity contribution in [2.45, 2.75) is 18.9 Å². The van der Waals surface area contributed by atoms with Crippen molar-refractivity contribution in [2.75, 3.05) is 25.0 Å². The van der Waals surface area contributed by atoms with Crippen molar-refractivity contribution in [1.29, 1.82) is 0 Å². The zero-order chi connectivity index (χ0) is 9.80. The Bertz CT molecular complexity index is 274. The maximum absolute atomic E-state index is 4.29. The molecule has 0 spiro atoms. The molecule has 0 aliphatic carbocycles. The van der Waals surface area contributed by atoms with E-state index >= 15 is 0 Å². The number of rotatable bonds is 2. The standard InChI is InChI=1S/C10H16N4.ClH/c1-14(9-3-2-4-11-7-9)10-8-12-5-6-13-10;/h5-6,8-9,11H,2-4,7H2,1H3;1H/t9-;/m0./s1. The molecule has 0 amide bonds. The van der Waals surface area contributed by atoms with Gasteiger partial charge < -0.3 is 10.2 Å². The summed E-state index contributed by atoms with van der Waals surface area (Å²) in [7, 11) is 2.08. The van der Waals surface area contributed by atoms with Gasteiger partial charge in [-0.25, -0.2) is 4.98 Å². The molecule has 84 valence electrons. The molecule has 2 rings (SSSR count). The molecule has 1 aromatic heterocycles. The van der Waals surface area contributed by atoms with Crippen molar-refractivity contribution in [3.05, 3.63) is 18.6 Å². The molecule has 4 nitrogen and oxygen atoms in total. The molecular formula is C10H17ClN4. The summed E-state index contributed by atoms with van der Waals surface area (Å²) < 4.78 is 0. The molecular weight excluding hydrogens is 212 g/mol. The van der Waals surface area contributed by atoms with Crippen LogP contribution in [0.2, 0.25) is 0 Å². The molecule has 1 saturated heterocycles. The van der Waals surface area contributed by atoms with E-state index in [1.165, 1.54) is 12.8 Å². The Morgan fingerprint density at radius 2 is 2.33 bits per heavy atom. The number of piperidine rings is 1. The van der Waals surface area contributed by atoms with Crippen LogP contribution in [0, 0.1) is 0 Å². The number of nitrogens with zero attached hydrogens (tertiary/aromatic N) is 3. The van der Waals surface area contributed by atoms with Crippen LogP contribution in [-0.2, 0) is 0 Å². The Morgan fingerprint density at radius 3 is 2.93 bits per heavy atom. The Labute approximate surface area is 96.5 Å². The summed E-state index contributed by atoms with van der Waals surface area (Å²) >= 11 is 0. The minimum absolute atomic E-state index is 0. The first-order valence-corrected chi connectivity index (χ1v) is 5.07. The second-order valence-electron chi connectivity index (χ2n) is 3.67. The van der Waals surface area contributed by atoms with Crippen molar-refractivity contribution in [3.8, 4) is 0 Å². The Kier molecular flexibility index (Phi) is 4.78. The zero-order valence-electron chi connectivity index (χ0n) is 8.89. The van der Waals surface area contributed by atoms with Crippen LogP contribution in [0.4, 0.5) is 5.82 Å². The highest BCUT2D eigenvalue weighted by atomic mass is 35.5. The molecule has 0 aromatic carbocycles. The summed E-state index contributed by atoms with van der Waals surface area (Å²) in [5, 5.41) is 3.40. The van der Waals surface area contributed by atoms with E-state index in [-0.39, 0.29) is 12.4 Å². The van der Waals surface area contributed by atoms with Crippen LogP contribution in [0.15, 0.2) is 18.6 Å². The van der Waals surface area contributed by atoms with E-state index in [4.69, 9.17) is 0 Å². The lowest BCUT2D eigenvalue weighted by molar-refractivity contribution is 0.443. The van der Waals surface area contributed by atoms with Crippen LogP contribution >= 0.6 is 12.4 Å². The Hall–Kier alpha value is -0.870. The van der Waals surface area contributed by atoms with Gasteiger partial charge in [0.1, 0.15) is 5.82 Å². The number of anilines is 1. The highest BCUT2D eigenvalue weighted by Gasteiger charge is 2.18. The molecule has 0 bridgehead atoms.